The molecule has 2 bridgehead atoms. The monoisotopic (exact) mass is 210 g/mol. The number of hydrogen-bond donors (Lipinski definition) is 1. The van der Waals surface area contributed by atoms with Crippen molar-refractivity contribution in [3.63, 3.8) is 0 Å². The summed E-state index contributed by atoms with van der Waals surface area (Å²) in [6.07, 6.45) is 4.30. The molecule has 2 atom stereocenters. The van der Waals surface area contributed by atoms with Crippen LogP contribution >= 0.6 is 0 Å². The molecule has 2 amide bonds. The molecule has 82 valence electrons. The Morgan fingerprint density at radius 1 is 1.47 bits per heavy atom. The van der Waals surface area contributed by atoms with Crippen molar-refractivity contribution in [3.8, 4) is 0 Å². The summed E-state index contributed by atoms with van der Waals surface area (Å²) in [5.41, 5.74) is 0. The van der Waals surface area contributed by atoms with E-state index in [1.165, 1.54) is 4.90 Å². The molecule has 1 N–H and O–H groups in total. The van der Waals surface area contributed by atoms with Crippen LogP contribution < -0.4 is 5.32 Å². The molecule has 5 heteroatoms. The van der Waals surface area contributed by atoms with Gasteiger partial charge in [0.2, 0.25) is 11.8 Å². The molecule has 3 rings (SSSR count). The normalized spacial score (nSPS) is 33.8. The fourth-order valence-electron chi connectivity index (χ4n) is 1.83. The zero-order valence-electron chi connectivity index (χ0n) is 8.60. The van der Waals surface area contributed by atoms with Gasteiger partial charge in [-0.3, -0.25) is 9.59 Å². The molecule has 15 heavy (non-hydrogen) atoms. The minimum atomic E-state index is -0.523. The first-order valence-electron chi connectivity index (χ1n) is 5.00. The zero-order chi connectivity index (χ0) is 10.8. The largest absolute Gasteiger partial charge is 0.375 e. The first kappa shape index (κ1) is 10.2. The SMILES string of the molecule is CN1C(=O)[C@@H]2COC/C=C\C[C@H]1C(=O)N2. The molecular weight excluding hydrogens is 196 g/mol. The highest BCUT2D eigenvalue weighted by Crippen LogP contribution is 2.13. The van der Waals surface area contributed by atoms with Gasteiger partial charge in [-0.25, -0.2) is 0 Å². The van der Waals surface area contributed by atoms with Crippen molar-refractivity contribution in [2.45, 2.75) is 18.5 Å². The summed E-state index contributed by atoms with van der Waals surface area (Å²) in [6, 6.07) is -0.895. The topological polar surface area (TPSA) is 58.6 Å². The molecule has 0 aromatic rings. The summed E-state index contributed by atoms with van der Waals surface area (Å²) in [5.74, 6) is -0.174. The predicted molar refractivity (Wildman–Crippen MR) is 53.1 cm³/mol. The Morgan fingerprint density at radius 2 is 2.27 bits per heavy atom. The molecule has 3 heterocycles. The molecule has 1 saturated heterocycles. The average Bonchev–Trinajstić information content (AvgIpc) is 2.23. The zero-order valence-corrected chi connectivity index (χ0v) is 8.60. The van der Waals surface area contributed by atoms with Crippen LogP contribution in [0.3, 0.4) is 0 Å². The molecule has 0 radical (unpaired) electrons. The van der Waals surface area contributed by atoms with E-state index in [2.05, 4.69) is 5.32 Å². The number of carbonyl (C=O) groups is 2. The van der Waals surface area contributed by atoms with Crippen LogP contribution in [-0.4, -0.2) is 49.1 Å². The van der Waals surface area contributed by atoms with Crippen LogP contribution in [-0.2, 0) is 14.3 Å². The lowest BCUT2D eigenvalue weighted by Gasteiger charge is -2.36. The van der Waals surface area contributed by atoms with Crippen molar-refractivity contribution >= 4 is 11.8 Å². The van der Waals surface area contributed by atoms with Crippen molar-refractivity contribution in [1.82, 2.24) is 10.2 Å². The van der Waals surface area contributed by atoms with Gasteiger partial charge in [0.05, 0.1) is 13.2 Å². The van der Waals surface area contributed by atoms with Crippen molar-refractivity contribution in [2.75, 3.05) is 20.3 Å². The fourth-order valence-corrected chi connectivity index (χ4v) is 1.83. The maximum absolute atomic E-state index is 11.8. The number of piperazine rings is 1. The molecule has 3 aliphatic heterocycles. The smallest absolute Gasteiger partial charge is 0.247 e. The minimum Gasteiger partial charge on any atom is -0.375 e. The highest BCUT2D eigenvalue weighted by atomic mass is 16.5. The Morgan fingerprint density at radius 3 is 3.07 bits per heavy atom. The lowest BCUT2D eigenvalue weighted by atomic mass is 10.0. The lowest BCUT2D eigenvalue weighted by molar-refractivity contribution is -0.149. The lowest BCUT2D eigenvalue weighted by Crippen LogP contribution is -2.63. The van der Waals surface area contributed by atoms with Crippen LogP contribution in [0.1, 0.15) is 6.42 Å². The van der Waals surface area contributed by atoms with Gasteiger partial charge in [-0.15, -0.1) is 0 Å². The van der Waals surface area contributed by atoms with E-state index in [-0.39, 0.29) is 24.5 Å². The summed E-state index contributed by atoms with van der Waals surface area (Å²) in [6.45, 7) is 0.738. The Kier molecular flexibility index (Phi) is 2.73. The van der Waals surface area contributed by atoms with E-state index in [1.807, 2.05) is 12.2 Å². The Bertz CT molecular complexity index is 314. The molecule has 0 aromatic heterocycles. The molecule has 0 spiro atoms. The maximum atomic E-state index is 11.8. The molecular formula is C10H14N2O3. The second-order valence-corrected chi connectivity index (χ2v) is 3.77. The van der Waals surface area contributed by atoms with Crippen molar-refractivity contribution < 1.29 is 14.3 Å². The first-order valence-corrected chi connectivity index (χ1v) is 5.00. The van der Waals surface area contributed by atoms with Crippen LogP contribution in [0.15, 0.2) is 12.2 Å². The van der Waals surface area contributed by atoms with Crippen LogP contribution in [0.2, 0.25) is 0 Å². The summed E-state index contributed by atoms with van der Waals surface area (Å²) in [5, 5.41) is 2.68. The fraction of sp³-hybridized carbons (Fsp3) is 0.600. The standard InChI is InChI=1S/C10H14N2O3/c1-12-8-4-2-3-5-15-6-7(10(12)14)11-9(8)13/h2-3,7-8H,4-6H2,1H3,(H,11,13)/b3-2-/t7-,8-/m0/s1. The molecule has 1 fully saturated rings. The molecule has 0 saturated carbocycles. The first-order chi connectivity index (χ1) is 7.20. The third kappa shape index (κ3) is 1.87. The number of carbonyl (C=O) groups excluding carboxylic acids is 2. The highest BCUT2D eigenvalue weighted by Gasteiger charge is 2.37. The van der Waals surface area contributed by atoms with Crippen LogP contribution in [0.5, 0.6) is 0 Å². The number of nitrogens with one attached hydrogen (secondary N) is 1. The Labute approximate surface area is 88.1 Å². The van der Waals surface area contributed by atoms with Gasteiger partial charge in [-0.1, -0.05) is 12.2 Å². The molecule has 3 aliphatic rings. The van der Waals surface area contributed by atoms with Gasteiger partial charge in [0.1, 0.15) is 12.1 Å². The van der Waals surface area contributed by atoms with E-state index in [4.69, 9.17) is 4.74 Å². The van der Waals surface area contributed by atoms with Crippen LogP contribution in [0.4, 0.5) is 0 Å². The van der Waals surface area contributed by atoms with Crippen LogP contribution in [0, 0.1) is 0 Å². The van der Waals surface area contributed by atoms with Gasteiger partial charge in [0, 0.05) is 7.05 Å². The number of nitrogens with zero attached hydrogens (tertiary/aromatic N) is 1. The van der Waals surface area contributed by atoms with E-state index in [1.54, 1.807) is 7.05 Å². The second kappa shape index (κ2) is 4.02. The van der Waals surface area contributed by atoms with Gasteiger partial charge >= 0.3 is 0 Å². The Hall–Kier alpha value is -1.36. The number of amides is 2. The predicted octanol–water partition coefficient (Wildman–Crippen LogP) is -0.712. The van der Waals surface area contributed by atoms with Gasteiger partial charge in [0.25, 0.3) is 0 Å². The molecule has 0 aliphatic carbocycles. The van der Waals surface area contributed by atoms with Crippen molar-refractivity contribution in [2.24, 2.45) is 0 Å². The maximum Gasteiger partial charge on any atom is 0.247 e. The van der Waals surface area contributed by atoms with E-state index in [0.29, 0.717) is 13.0 Å². The minimum absolute atomic E-state index is 0.0742. The number of rotatable bonds is 0. The third-order valence-electron chi connectivity index (χ3n) is 2.76. The quantitative estimate of drug-likeness (QED) is 0.537. The van der Waals surface area contributed by atoms with E-state index in [9.17, 15) is 9.59 Å². The van der Waals surface area contributed by atoms with Gasteiger partial charge < -0.3 is 15.0 Å². The Balaban J connectivity index is 2.25. The molecule has 0 aromatic carbocycles. The van der Waals surface area contributed by atoms with Gasteiger partial charge in [-0.05, 0) is 6.42 Å². The highest BCUT2D eigenvalue weighted by molar-refractivity contribution is 5.97. The summed E-state index contributed by atoms with van der Waals surface area (Å²) < 4.78 is 5.26. The van der Waals surface area contributed by atoms with Gasteiger partial charge in [0.15, 0.2) is 0 Å². The second-order valence-electron chi connectivity index (χ2n) is 3.77. The molecule has 0 unspecified atom stereocenters. The van der Waals surface area contributed by atoms with E-state index >= 15 is 0 Å². The number of hydrogen-bond acceptors (Lipinski definition) is 3. The van der Waals surface area contributed by atoms with Gasteiger partial charge in [-0.2, -0.15) is 0 Å². The molecule has 5 nitrogen and oxygen atoms in total. The summed E-state index contributed by atoms with van der Waals surface area (Å²) in [4.78, 5) is 24.9. The summed E-state index contributed by atoms with van der Waals surface area (Å²) >= 11 is 0. The van der Waals surface area contributed by atoms with E-state index in [0.717, 1.165) is 0 Å². The number of likely N-dealkylation sites (N-methyl/N-ethyl adjacent to an activating group) is 1. The average molecular weight is 210 g/mol. The summed E-state index contributed by atoms with van der Waals surface area (Å²) in [7, 11) is 1.66. The van der Waals surface area contributed by atoms with E-state index < -0.39 is 6.04 Å². The van der Waals surface area contributed by atoms with Crippen molar-refractivity contribution in [1.29, 1.82) is 0 Å². The van der Waals surface area contributed by atoms with Crippen molar-refractivity contribution in [3.05, 3.63) is 12.2 Å². The van der Waals surface area contributed by atoms with Crippen LogP contribution in [0.25, 0.3) is 0 Å². The third-order valence-corrected chi connectivity index (χ3v) is 2.76. The number of ether oxygens (including phenoxy) is 1. The number of fused-ring (bicyclic) bond motifs is 6.